The first-order valence-corrected chi connectivity index (χ1v) is 13.6. The van der Waals surface area contributed by atoms with Crippen molar-refractivity contribution in [3.05, 3.63) is 0 Å². The minimum Gasteiger partial charge on any atom is -0.404 e. The summed E-state index contributed by atoms with van der Waals surface area (Å²) in [5, 5.41) is 0. The number of hydrogen-bond donors (Lipinski definition) is 1. The van der Waals surface area contributed by atoms with E-state index in [4.69, 9.17) is 14.7 Å². The molecule has 126 valence electrons. The van der Waals surface area contributed by atoms with E-state index in [0.717, 1.165) is 6.42 Å². The first kappa shape index (κ1) is 19.4. The molecule has 0 aromatic heterocycles. The molecule has 0 radical (unpaired) electrons. The van der Waals surface area contributed by atoms with Gasteiger partial charge in [0.05, 0.1) is 0 Å². The zero-order valence-corrected chi connectivity index (χ0v) is 16.3. The highest BCUT2D eigenvalue weighted by atomic mass is 31.2. The molecule has 3 atom stereocenters. The van der Waals surface area contributed by atoms with Crippen LogP contribution in [0.2, 0.25) is 19.6 Å². The summed E-state index contributed by atoms with van der Waals surface area (Å²) in [7, 11) is -3.12. The number of nitrogens with two attached hydrogens (primary N) is 1. The third-order valence-corrected chi connectivity index (χ3v) is 8.23. The van der Waals surface area contributed by atoms with E-state index in [1.54, 1.807) is 0 Å². The summed E-state index contributed by atoms with van der Waals surface area (Å²) >= 11 is 0. The third kappa shape index (κ3) is 6.15. The fourth-order valence-electron chi connectivity index (χ4n) is 3.16. The van der Waals surface area contributed by atoms with E-state index in [0.29, 0.717) is 12.1 Å². The lowest BCUT2D eigenvalue weighted by Crippen LogP contribution is -2.44. The van der Waals surface area contributed by atoms with Crippen LogP contribution in [-0.4, -0.2) is 33.5 Å². The second-order valence-corrected chi connectivity index (χ2v) is 14.7. The Kier molecular flexibility index (Phi) is 7.62. The topological polar surface area (TPSA) is 61.5 Å². The molecular weight excluding hydrogens is 301 g/mol. The van der Waals surface area contributed by atoms with Crippen LogP contribution in [-0.2, 0) is 13.5 Å². The largest absolute Gasteiger partial charge is 0.404 e. The van der Waals surface area contributed by atoms with Crippen molar-refractivity contribution in [2.75, 3.05) is 13.3 Å². The van der Waals surface area contributed by atoms with E-state index in [9.17, 15) is 4.57 Å². The van der Waals surface area contributed by atoms with Crippen molar-refractivity contribution in [1.29, 1.82) is 0 Å². The Morgan fingerprint density at radius 3 is 2.24 bits per heavy atom. The maximum absolute atomic E-state index is 13.0. The fraction of sp³-hybridized carbons (Fsp3) is 1.00. The van der Waals surface area contributed by atoms with Gasteiger partial charge in [-0.3, -0.25) is 4.57 Å². The summed E-state index contributed by atoms with van der Waals surface area (Å²) in [5.41, 5.74) is 6.44. The molecular formula is C15H34NO3PSi. The second-order valence-electron chi connectivity index (χ2n) is 7.25. The second kappa shape index (κ2) is 8.26. The van der Waals surface area contributed by atoms with Crippen molar-refractivity contribution in [3.8, 4) is 0 Å². The average molecular weight is 336 g/mol. The molecule has 1 aliphatic carbocycles. The molecule has 0 spiro atoms. The molecule has 1 rings (SSSR count). The first-order valence-electron chi connectivity index (χ1n) is 8.29. The Morgan fingerprint density at radius 1 is 1.24 bits per heavy atom. The predicted octanol–water partition coefficient (Wildman–Crippen LogP) is 4.41. The Morgan fingerprint density at radius 2 is 1.81 bits per heavy atom. The van der Waals surface area contributed by atoms with Gasteiger partial charge in [-0.25, -0.2) is 0 Å². The van der Waals surface area contributed by atoms with Crippen LogP contribution >= 0.6 is 7.37 Å². The SMILES string of the molecule is CCP(=O)(OC)[C@@H](O[Si](C)(C)C)[C@@H](N)CC1CCCCC1. The fourth-order valence-corrected chi connectivity index (χ4v) is 7.18. The first-order chi connectivity index (χ1) is 9.72. The van der Waals surface area contributed by atoms with E-state index < -0.39 is 21.5 Å². The summed E-state index contributed by atoms with van der Waals surface area (Å²) < 4.78 is 24.6. The third-order valence-electron chi connectivity index (χ3n) is 4.31. The highest BCUT2D eigenvalue weighted by Crippen LogP contribution is 2.53. The Hall–Kier alpha value is 0.327. The smallest absolute Gasteiger partial charge is 0.230 e. The molecule has 2 N–H and O–H groups in total. The molecule has 0 aliphatic heterocycles. The van der Waals surface area contributed by atoms with Gasteiger partial charge in [-0.2, -0.15) is 0 Å². The lowest BCUT2D eigenvalue weighted by atomic mass is 9.85. The molecule has 1 saturated carbocycles. The molecule has 21 heavy (non-hydrogen) atoms. The molecule has 4 nitrogen and oxygen atoms in total. The van der Waals surface area contributed by atoms with Crippen molar-refractivity contribution in [3.63, 3.8) is 0 Å². The minimum absolute atomic E-state index is 0.189. The van der Waals surface area contributed by atoms with Gasteiger partial charge in [-0.15, -0.1) is 0 Å². The van der Waals surface area contributed by atoms with Crippen molar-refractivity contribution in [2.45, 2.75) is 77.0 Å². The highest BCUT2D eigenvalue weighted by Gasteiger charge is 2.40. The van der Waals surface area contributed by atoms with Gasteiger partial charge < -0.3 is 14.7 Å². The standard InChI is InChI=1S/C15H34NO3PSi/c1-6-20(17,18-2)15(19-21(3,4)5)14(16)12-13-10-8-7-9-11-13/h13-15H,6-12,16H2,1-5H3/t14-,15+,20?/m0/s1. The van der Waals surface area contributed by atoms with Crippen LogP contribution in [0.15, 0.2) is 0 Å². The number of hydrogen-bond acceptors (Lipinski definition) is 4. The average Bonchev–Trinajstić information content (AvgIpc) is 2.44. The number of rotatable bonds is 8. The zero-order chi connectivity index (χ0) is 16.1. The van der Waals surface area contributed by atoms with Crippen LogP contribution in [0.5, 0.6) is 0 Å². The van der Waals surface area contributed by atoms with E-state index in [-0.39, 0.29) is 6.04 Å². The van der Waals surface area contributed by atoms with Crippen LogP contribution in [0.1, 0.15) is 45.4 Å². The van der Waals surface area contributed by atoms with E-state index in [1.165, 1.54) is 39.2 Å². The molecule has 6 heteroatoms. The van der Waals surface area contributed by atoms with Gasteiger partial charge in [-0.1, -0.05) is 39.0 Å². The Balaban J connectivity index is 2.81. The summed E-state index contributed by atoms with van der Waals surface area (Å²) in [6.45, 7) is 8.24. The molecule has 0 amide bonds. The minimum atomic E-state index is -2.82. The van der Waals surface area contributed by atoms with Crippen molar-refractivity contribution in [2.24, 2.45) is 11.7 Å². The van der Waals surface area contributed by atoms with Gasteiger partial charge in [0.15, 0.2) is 8.32 Å². The molecule has 0 heterocycles. The monoisotopic (exact) mass is 335 g/mol. The quantitative estimate of drug-likeness (QED) is 0.527. The predicted molar refractivity (Wildman–Crippen MR) is 92.5 cm³/mol. The van der Waals surface area contributed by atoms with E-state index in [1.807, 2.05) is 6.92 Å². The van der Waals surface area contributed by atoms with Crippen LogP contribution in [0.3, 0.4) is 0 Å². The molecule has 1 fully saturated rings. The van der Waals surface area contributed by atoms with Gasteiger partial charge in [0.1, 0.15) is 5.85 Å². The summed E-state index contributed by atoms with van der Waals surface area (Å²) in [6, 6.07) is -0.189. The van der Waals surface area contributed by atoms with Crippen LogP contribution in [0, 0.1) is 5.92 Å². The van der Waals surface area contributed by atoms with Crippen molar-refractivity contribution in [1.82, 2.24) is 0 Å². The highest BCUT2D eigenvalue weighted by molar-refractivity contribution is 7.59. The maximum atomic E-state index is 13.0. The summed E-state index contributed by atoms with van der Waals surface area (Å²) in [4.78, 5) is 0. The Labute approximate surface area is 131 Å². The molecule has 0 bridgehead atoms. The van der Waals surface area contributed by atoms with Crippen LogP contribution in [0.25, 0.3) is 0 Å². The lowest BCUT2D eigenvalue weighted by molar-refractivity contribution is 0.185. The lowest BCUT2D eigenvalue weighted by Gasteiger charge is -2.36. The Bertz CT molecular complexity index is 345. The zero-order valence-electron chi connectivity index (χ0n) is 14.4. The van der Waals surface area contributed by atoms with Gasteiger partial charge in [0.2, 0.25) is 7.37 Å². The summed E-state index contributed by atoms with van der Waals surface area (Å²) in [5.74, 6) is 0.213. The van der Waals surface area contributed by atoms with Crippen molar-refractivity contribution < 1.29 is 13.5 Å². The van der Waals surface area contributed by atoms with Gasteiger partial charge in [-0.05, 0) is 32.0 Å². The molecule has 0 aromatic carbocycles. The molecule has 0 saturated heterocycles. The van der Waals surface area contributed by atoms with Gasteiger partial charge in [0, 0.05) is 19.3 Å². The van der Waals surface area contributed by atoms with E-state index in [2.05, 4.69) is 19.6 Å². The normalized spacial score (nSPS) is 23.5. The molecule has 1 aliphatic rings. The summed E-state index contributed by atoms with van der Waals surface area (Å²) in [6.07, 6.45) is 7.82. The van der Waals surface area contributed by atoms with E-state index >= 15 is 0 Å². The maximum Gasteiger partial charge on any atom is 0.230 e. The van der Waals surface area contributed by atoms with Crippen LogP contribution < -0.4 is 5.73 Å². The van der Waals surface area contributed by atoms with Crippen LogP contribution in [0.4, 0.5) is 0 Å². The van der Waals surface area contributed by atoms with Gasteiger partial charge in [0.25, 0.3) is 0 Å². The molecule has 0 aromatic rings. The molecule has 1 unspecified atom stereocenters. The van der Waals surface area contributed by atoms with Crippen molar-refractivity contribution >= 4 is 15.7 Å². The van der Waals surface area contributed by atoms with Gasteiger partial charge >= 0.3 is 0 Å².